The number of ether oxygens (including phenoxy) is 1. The molecule has 157 valence electrons. The summed E-state index contributed by atoms with van der Waals surface area (Å²) in [4.78, 5) is 0. The molecule has 0 aliphatic carbocycles. The molecule has 1 saturated heterocycles. The third kappa shape index (κ3) is 17.4. The number of halogens is 1. The van der Waals surface area contributed by atoms with Crippen LogP contribution in [0, 0.1) is 15.6 Å². The second kappa shape index (κ2) is 21.6. The van der Waals surface area contributed by atoms with Crippen molar-refractivity contribution in [2.24, 2.45) is 20.6 Å². The Morgan fingerprint density at radius 2 is 1.23 bits per heavy atom. The maximum Gasteiger partial charge on any atom is 0.0967 e. The molecule has 0 unspecified atom stereocenters. The van der Waals surface area contributed by atoms with E-state index >= 15 is 0 Å². The molecule has 0 saturated carbocycles. The van der Waals surface area contributed by atoms with Crippen LogP contribution in [-0.4, -0.2) is 54.4 Å². The fourth-order valence-electron chi connectivity index (χ4n) is 1.23. The Kier molecular flexibility index (Phi) is 26.9. The number of hydrogen-bond donors (Lipinski definition) is 1. The Bertz CT molecular complexity index is 391. The zero-order valence-corrected chi connectivity index (χ0v) is 17.3. The van der Waals surface area contributed by atoms with E-state index in [0.717, 1.165) is 25.9 Å². The first-order valence-corrected chi connectivity index (χ1v) is 7.24. The van der Waals surface area contributed by atoms with E-state index in [0.29, 0.717) is 6.10 Å². The van der Waals surface area contributed by atoms with Crippen molar-refractivity contribution in [2.45, 2.75) is 46.6 Å². The van der Waals surface area contributed by atoms with Crippen molar-refractivity contribution in [3.05, 3.63) is 20.9 Å². The van der Waals surface area contributed by atoms with E-state index in [4.69, 9.17) is 9.94 Å². The molecular formula is C14H26ClCoN5O5-4. The van der Waals surface area contributed by atoms with Gasteiger partial charge in [-0.1, -0.05) is 5.16 Å². The molecule has 0 amide bonds. The van der Waals surface area contributed by atoms with Crippen molar-refractivity contribution in [1.82, 2.24) is 0 Å². The van der Waals surface area contributed by atoms with Gasteiger partial charge in [0.05, 0.1) is 17.5 Å². The van der Waals surface area contributed by atoms with E-state index in [1.807, 2.05) is 0 Å². The summed E-state index contributed by atoms with van der Waals surface area (Å²) in [5.74, 6) is 0. The van der Waals surface area contributed by atoms with Crippen molar-refractivity contribution < 1.29 is 26.7 Å². The van der Waals surface area contributed by atoms with E-state index in [-0.39, 0.29) is 52.0 Å². The smallest absolute Gasteiger partial charge is 0.0967 e. The SMILES string of the molecule is CC(=N\[O-])/C(C)=N/O.CC(=N\[O-])/C(C)=N/[O-].COC1CC[N-]CC1.Cl.[Co]. The first-order valence-electron chi connectivity index (χ1n) is 7.24. The van der Waals surface area contributed by atoms with Gasteiger partial charge in [0.2, 0.25) is 0 Å². The second-order valence-electron chi connectivity index (χ2n) is 4.82. The van der Waals surface area contributed by atoms with Crippen molar-refractivity contribution in [1.29, 1.82) is 0 Å². The number of rotatable bonds is 3. The molecule has 0 aromatic carbocycles. The molecular weight excluding hydrogens is 413 g/mol. The standard InChI is InChI=1S/C6H12NO.2C4H8N2O2.ClH.Co/c1-8-6-2-4-7-5-3-6;2*1-3(5-7)4(2)6-8;;/h6H,2-5H2,1H3;2*7-8H,1-2H3;1H;/q-1;;;;/p-3/b;2*5-3+,6-4+;;. The molecule has 1 aliphatic rings. The van der Waals surface area contributed by atoms with Gasteiger partial charge in [0, 0.05) is 35.3 Å². The molecule has 1 N–H and O–H groups in total. The number of piperidine rings is 1. The summed E-state index contributed by atoms with van der Waals surface area (Å²) in [7, 11) is 1.77. The quantitative estimate of drug-likeness (QED) is 0.405. The van der Waals surface area contributed by atoms with Gasteiger partial charge in [-0.25, -0.2) is 0 Å². The van der Waals surface area contributed by atoms with Crippen LogP contribution in [-0.2, 0) is 21.5 Å². The van der Waals surface area contributed by atoms with Crippen molar-refractivity contribution >= 4 is 35.3 Å². The van der Waals surface area contributed by atoms with Crippen LogP contribution < -0.4 is 0 Å². The third-order valence-corrected chi connectivity index (χ3v) is 3.16. The summed E-state index contributed by atoms with van der Waals surface area (Å²) in [6.45, 7) is 7.84. The molecule has 26 heavy (non-hydrogen) atoms. The summed E-state index contributed by atoms with van der Waals surface area (Å²) in [6, 6.07) is 0. The van der Waals surface area contributed by atoms with Gasteiger partial charge in [0.15, 0.2) is 0 Å². The summed E-state index contributed by atoms with van der Waals surface area (Å²) in [5, 5.41) is 51.3. The van der Waals surface area contributed by atoms with Crippen molar-refractivity contribution in [2.75, 3.05) is 20.2 Å². The Hall–Kier alpha value is -1.40. The molecule has 1 fully saturated rings. The van der Waals surface area contributed by atoms with Crippen LogP contribution in [0.5, 0.6) is 0 Å². The summed E-state index contributed by atoms with van der Waals surface area (Å²) < 4.78 is 5.13. The van der Waals surface area contributed by atoms with Crippen molar-refractivity contribution in [3.8, 4) is 0 Å². The van der Waals surface area contributed by atoms with Gasteiger partial charge in [-0.2, -0.15) is 0 Å². The predicted molar refractivity (Wildman–Crippen MR) is 105 cm³/mol. The molecule has 12 heteroatoms. The monoisotopic (exact) mass is 438 g/mol. The van der Waals surface area contributed by atoms with Crippen LogP contribution in [0.15, 0.2) is 20.6 Å². The maximum absolute atomic E-state index is 9.63. The van der Waals surface area contributed by atoms with Gasteiger partial charge >= 0.3 is 0 Å². The Morgan fingerprint density at radius 1 is 0.885 bits per heavy atom. The summed E-state index contributed by atoms with van der Waals surface area (Å²) in [5.41, 5.74) is 0.729. The second-order valence-corrected chi connectivity index (χ2v) is 4.82. The summed E-state index contributed by atoms with van der Waals surface area (Å²) in [6.07, 6.45) is 2.74. The molecule has 0 aromatic heterocycles. The van der Waals surface area contributed by atoms with Gasteiger partial charge in [0.25, 0.3) is 0 Å². The van der Waals surface area contributed by atoms with Crippen LogP contribution in [0.25, 0.3) is 5.32 Å². The molecule has 10 nitrogen and oxygen atoms in total. The fraction of sp³-hybridized carbons (Fsp3) is 0.714. The fourth-order valence-corrected chi connectivity index (χ4v) is 1.23. The van der Waals surface area contributed by atoms with Gasteiger partial charge < -0.3 is 46.3 Å². The van der Waals surface area contributed by atoms with E-state index in [9.17, 15) is 15.6 Å². The molecule has 0 atom stereocenters. The largest absolute Gasteiger partial charge is 0.792 e. The Morgan fingerprint density at radius 3 is 1.42 bits per heavy atom. The minimum atomic E-state index is 0. The molecule has 1 aliphatic heterocycles. The Balaban J connectivity index is -0.000000134. The topological polar surface area (TPSA) is 162 Å². The van der Waals surface area contributed by atoms with Crippen LogP contribution in [0.1, 0.15) is 40.5 Å². The van der Waals surface area contributed by atoms with Crippen LogP contribution in [0.3, 0.4) is 0 Å². The maximum atomic E-state index is 9.63. The third-order valence-electron chi connectivity index (χ3n) is 3.16. The van der Waals surface area contributed by atoms with Crippen LogP contribution >= 0.6 is 12.4 Å². The average Bonchev–Trinajstić information content (AvgIpc) is 2.66. The zero-order valence-electron chi connectivity index (χ0n) is 15.5. The molecule has 0 spiro atoms. The molecule has 1 heterocycles. The molecule has 0 bridgehead atoms. The van der Waals surface area contributed by atoms with Gasteiger partial charge in [-0.3, -0.25) is 0 Å². The van der Waals surface area contributed by atoms with E-state index < -0.39 is 0 Å². The average molecular weight is 439 g/mol. The molecule has 1 radical (unpaired) electrons. The number of hydrogen-bond acceptors (Lipinski definition) is 9. The van der Waals surface area contributed by atoms with Gasteiger partial charge in [-0.15, -0.1) is 25.5 Å². The van der Waals surface area contributed by atoms with E-state index in [2.05, 4.69) is 25.9 Å². The number of oxime groups is 1. The molecule has 1 rings (SSSR count). The van der Waals surface area contributed by atoms with Crippen LogP contribution in [0.4, 0.5) is 0 Å². The van der Waals surface area contributed by atoms with Gasteiger partial charge in [-0.05, 0) is 40.5 Å². The predicted octanol–water partition coefficient (Wildman–Crippen LogP) is 3.29. The zero-order chi connectivity index (χ0) is 19.0. The van der Waals surface area contributed by atoms with Crippen molar-refractivity contribution in [3.63, 3.8) is 0 Å². The van der Waals surface area contributed by atoms with E-state index in [1.165, 1.54) is 27.7 Å². The Labute approximate surface area is 170 Å². The minimum absolute atomic E-state index is 0. The number of methoxy groups -OCH3 is 1. The van der Waals surface area contributed by atoms with E-state index in [1.54, 1.807) is 7.11 Å². The number of nitrogens with zero attached hydrogens (tertiary/aromatic N) is 5. The summed E-state index contributed by atoms with van der Waals surface area (Å²) >= 11 is 0. The van der Waals surface area contributed by atoms with Crippen LogP contribution in [0.2, 0.25) is 0 Å². The minimum Gasteiger partial charge on any atom is -0.792 e. The molecule has 0 aromatic rings. The normalized spacial score (nSPS) is 16.0. The first-order chi connectivity index (χ1) is 11.4. The van der Waals surface area contributed by atoms with Gasteiger partial charge in [0.1, 0.15) is 0 Å². The first kappa shape index (κ1) is 32.3.